The number of carbonyl (C=O) groups excluding carboxylic acids is 2. The molecule has 0 unspecified atom stereocenters. The molecule has 0 aliphatic carbocycles. The van der Waals surface area contributed by atoms with Crippen LogP contribution in [0.4, 0.5) is 5.69 Å². The number of amides is 2. The maximum Gasteiger partial charge on any atom is 0.254 e. The molecule has 0 saturated heterocycles. The Morgan fingerprint density at radius 1 is 1.15 bits per heavy atom. The third-order valence-electron chi connectivity index (χ3n) is 3.64. The van der Waals surface area contributed by atoms with Crippen LogP contribution in [0, 0.1) is 12.3 Å². The van der Waals surface area contributed by atoms with E-state index in [1.54, 1.807) is 42.5 Å². The number of nitrogens with one attached hydrogen (secondary N) is 1. The molecule has 0 aromatic heterocycles. The maximum absolute atomic E-state index is 12.5. The molecule has 0 heterocycles. The second-order valence-corrected chi connectivity index (χ2v) is 8.35. The summed E-state index contributed by atoms with van der Waals surface area (Å²) in [7, 11) is -1.70. The van der Waals surface area contributed by atoms with Crippen LogP contribution in [-0.4, -0.2) is 45.0 Å². The number of hydrogen-bond donors (Lipinski definition) is 1. The molecule has 2 rings (SSSR count). The molecule has 0 aliphatic rings. The first-order valence-electron chi connectivity index (χ1n) is 8.06. The summed E-state index contributed by atoms with van der Waals surface area (Å²) in [5.74, 6) is 1.59. The van der Waals surface area contributed by atoms with Gasteiger partial charge in [-0.3, -0.25) is 9.59 Å². The lowest BCUT2D eigenvalue weighted by atomic mass is 10.1. The first-order chi connectivity index (χ1) is 12.7. The zero-order chi connectivity index (χ0) is 20.0. The van der Waals surface area contributed by atoms with Crippen LogP contribution in [0.3, 0.4) is 0 Å². The predicted octanol–water partition coefficient (Wildman–Crippen LogP) is 1.92. The Balaban J connectivity index is 2.03. The third-order valence-corrected chi connectivity index (χ3v) is 4.50. The van der Waals surface area contributed by atoms with Crippen molar-refractivity contribution in [2.45, 2.75) is 5.75 Å². The lowest BCUT2D eigenvalue weighted by Crippen LogP contribution is -2.35. The van der Waals surface area contributed by atoms with Gasteiger partial charge < -0.3 is 10.2 Å². The number of rotatable bonds is 6. The van der Waals surface area contributed by atoms with E-state index in [0.717, 1.165) is 6.26 Å². The highest BCUT2D eigenvalue weighted by molar-refractivity contribution is 7.89. The third kappa shape index (κ3) is 6.28. The molecule has 0 bridgehead atoms. The van der Waals surface area contributed by atoms with Gasteiger partial charge in [-0.25, -0.2) is 8.42 Å². The van der Waals surface area contributed by atoms with E-state index in [9.17, 15) is 18.0 Å². The summed E-state index contributed by atoms with van der Waals surface area (Å²) in [4.78, 5) is 26.0. The molecule has 0 spiro atoms. The normalized spacial score (nSPS) is 10.7. The van der Waals surface area contributed by atoms with E-state index < -0.39 is 9.84 Å². The standard InChI is InChI=1S/C20H20N2O4S/c1-4-15-7-6-10-18(12-15)21-19(23)13-22(2)20(24)17-9-5-8-16(11-17)14-27(3,25)26/h1,5-12H,13-14H2,2-3H3,(H,21,23). The van der Waals surface area contributed by atoms with Crippen molar-refractivity contribution in [1.29, 1.82) is 0 Å². The molecular weight excluding hydrogens is 364 g/mol. The molecule has 2 aromatic rings. The van der Waals surface area contributed by atoms with E-state index in [2.05, 4.69) is 11.2 Å². The zero-order valence-electron chi connectivity index (χ0n) is 15.1. The molecule has 1 N–H and O–H groups in total. The van der Waals surface area contributed by atoms with Crippen molar-refractivity contribution in [3.63, 3.8) is 0 Å². The van der Waals surface area contributed by atoms with Gasteiger partial charge in [0.25, 0.3) is 5.91 Å². The number of hydrogen-bond acceptors (Lipinski definition) is 4. The summed E-state index contributed by atoms with van der Waals surface area (Å²) in [6.45, 7) is -0.157. The lowest BCUT2D eigenvalue weighted by molar-refractivity contribution is -0.116. The highest BCUT2D eigenvalue weighted by Crippen LogP contribution is 2.12. The number of sulfone groups is 1. The summed E-state index contributed by atoms with van der Waals surface area (Å²) in [6, 6.07) is 13.2. The monoisotopic (exact) mass is 384 g/mol. The Labute approximate surface area is 159 Å². The van der Waals surface area contributed by atoms with Gasteiger partial charge in [0.15, 0.2) is 9.84 Å². The Morgan fingerprint density at radius 3 is 2.52 bits per heavy atom. The molecular formula is C20H20N2O4S. The summed E-state index contributed by atoms with van der Waals surface area (Å²) in [6.07, 6.45) is 6.46. The largest absolute Gasteiger partial charge is 0.332 e. The van der Waals surface area contributed by atoms with Crippen LogP contribution in [0.5, 0.6) is 0 Å². The number of anilines is 1. The molecule has 2 amide bonds. The van der Waals surface area contributed by atoms with Gasteiger partial charge in [0, 0.05) is 30.1 Å². The molecule has 27 heavy (non-hydrogen) atoms. The van der Waals surface area contributed by atoms with Gasteiger partial charge >= 0.3 is 0 Å². The van der Waals surface area contributed by atoms with Crippen LogP contribution >= 0.6 is 0 Å². The minimum absolute atomic E-state index is 0.149. The second kappa shape index (κ2) is 8.52. The average Bonchev–Trinajstić information content (AvgIpc) is 2.59. The van der Waals surface area contributed by atoms with Crippen molar-refractivity contribution in [2.24, 2.45) is 0 Å². The van der Waals surface area contributed by atoms with E-state index in [4.69, 9.17) is 6.42 Å². The number of benzene rings is 2. The Morgan fingerprint density at radius 2 is 1.85 bits per heavy atom. The smallest absolute Gasteiger partial charge is 0.254 e. The van der Waals surface area contributed by atoms with E-state index in [1.165, 1.54) is 18.0 Å². The summed E-state index contributed by atoms with van der Waals surface area (Å²) < 4.78 is 22.8. The molecule has 140 valence electrons. The Kier molecular flexibility index (Phi) is 6.37. The van der Waals surface area contributed by atoms with Crippen LogP contribution in [0.1, 0.15) is 21.5 Å². The fraction of sp³-hybridized carbons (Fsp3) is 0.200. The van der Waals surface area contributed by atoms with E-state index in [-0.39, 0.29) is 24.1 Å². The van der Waals surface area contributed by atoms with Crippen LogP contribution in [0.2, 0.25) is 0 Å². The second-order valence-electron chi connectivity index (χ2n) is 6.21. The molecule has 7 heteroatoms. The van der Waals surface area contributed by atoms with Crippen molar-refractivity contribution in [1.82, 2.24) is 4.90 Å². The number of likely N-dealkylation sites (N-methyl/N-ethyl adjacent to an activating group) is 1. The summed E-state index contributed by atoms with van der Waals surface area (Å²) in [5.41, 5.74) is 2.03. The Bertz CT molecular complexity index is 1010. The summed E-state index contributed by atoms with van der Waals surface area (Å²) >= 11 is 0. The minimum Gasteiger partial charge on any atom is -0.332 e. The number of terminal acetylenes is 1. The van der Waals surface area contributed by atoms with Gasteiger partial charge in [-0.05, 0) is 35.9 Å². The predicted molar refractivity (Wildman–Crippen MR) is 105 cm³/mol. The first kappa shape index (κ1) is 20.2. The molecule has 0 atom stereocenters. The number of nitrogens with zero attached hydrogens (tertiary/aromatic N) is 1. The maximum atomic E-state index is 12.5. The minimum atomic E-state index is -3.20. The molecule has 0 aliphatic heterocycles. The summed E-state index contributed by atoms with van der Waals surface area (Å²) in [5, 5.41) is 2.69. The van der Waals surface area contributed by atoms with Crippen LogP contribution in [-0.2, 0) is 20.4 Å². The number of carbonyl (C=O) groups is 2. The SMILES string of the molecule is C#Cc1cccc(NC(=O)CN(C)C(=O)c2cccc(CS(C)(=O)=O)c2)c1. The van der Waals surface area contributed by atoms with Gasteiger partial charge in [0.1, 0.15) is 0 Å². The molecule has 2 aromatic carbocycles. The highest BCUT2D eigenvalue weighted by atomic mass is 32.2. The highest BCUT2D eigenvalue weighted by Gasteiger charge is 2.16. The quantitative estimate of drug-likeness (QED) is 0.772. The molecule has 6 nitrogen and oxygen atoms in total. The van der Waals surface area contributed by atoms with Crippen molar-refractivity contribution in [3.05, 3.63) is 65.2 Å². The topological polar surface area (TPSA) is 83.6 Å². The van der Waals surface area contributed by atoms with Crippen LogP contribution < -0.4 is 5.32 Å². The lowest BCUT2D eigenvalue weighted by Gasteiger charge is -2.17. The van der Waals surface area contributed by atoms with E-state index in [0.29, 0.717) is 22.4 Å². The Hall–Kier alpha value is -3.11. The van der Waals surface area contributed by atoms with Gasteiger partial charge in [-0.15, -0.1) is 6.42 Å². The van der Waals surface area contributed by atoms with Crippen LogP contribution in [0.25, 0.3) is 0 Å². The fourth-order valence-corrected chi connectivity index (χ4v) is 3.28. The molecule has 0 fully saturated rings. The average molecular weight is 384 g/mol. The van der Waals surface area contributed by atoms with Crippen molar-refractivity contribution in [2.75, 3.05) is 25.2 Å². The van der Waals surface area contributed by atoms with E-state index in [1.807, 2.05) is 0 Å². The van der Waals surface area contributed by atoms with Gasteiger partial charge in [0.05, 0.1) is 12.3 Å². The van der Waals surface area contributed by atoms with Gasteiger partial charge in [0.2, 0.25) is 5.91 Å². The van der Waals surface area contributed by atoms with Crippen molar-refractivity contribution >= 4 is 27.3 Å². The van der Waals surface area contributed by atoms with Crippen LogP contribution in [0.15, 0.2) is 48.5 Å². The molecule has 0 radical (unpaired) electrons. The van der Waals surface area contributed by atoms with Gasteiger partial charge in [-0.1, -0.05) is 24.1 Å². The van der Waals surface area contributed by atoms with E-state index >= 15 is 0 Å². The van der Waals surface area contributed by atoms with Gasteiger partial charge in [-0.2, -0.15) is 0 Å². The molecule has 0 saturated carbocycles. The fourth-order valence-electron chi connectivity index (χ4n) is 2.49. The van der Waals surface area contributed by atoms with Crippen molar-refractivity contribution in [3.8, 4) is 12.3 Å². The first-order valence-corrected chi connectivity index (χ1v) is 10.1. The zero-order valence-corrected chi connectivity index (χ0v) is 15.9. The van der Waals surface area contributed by atoms with Crippen molar-refractivity contribution < 1.29 is 18.0 Å².